The monoisotopic (exact) mass is 435 g/mol. The van der Waals surface area contributed by atoms with E-state index in [1.54, 1.807) is 0 Å². The summed E-state index contributed by atoms with van der Waals surface area (Å²) in [5.41, 5.74) is 0. The molecule has 0 aliphatic carbocycles. The summed E-state index contributed by atoms with van der Waals surface area (Å²) < 4.78 is 0. The van der Waals surface area contributed by atoms with Gasteiger partial charge in [-0.25, -0.2) is 0 Å². The van der Waals surface area contributed by atoms with Crippen LogP contribution in [-0.2, 0) is 0 Å². The minimum absolute atomic E-state index is 2.76. The molecule has 0 aliphatic rings. The standard InChI is InChI=1S/5BrH.Ca/h5*1H;/q;;;;;+5/p-5. The van der Waals surface area contributed by atoms with E-state index in [2.05, 4.69) is 48.5 Å². The maximum absolute atomic E-state index is 3.36. The molecule has 0 aliphatic heterocycles. The molecule has 0 spiro atoms. The molecule has 0 saturated heterocycles. The molecule has 0 fully saturated rings. The van der Waals surface area contributed by atoms with E-state index in [-0.39, 0.29) is 0 Å². The number of hydrogen-bond donors (Lipinski definition) is 0. The molecule has 0 nitrogen and oxygen atoms in total. The summed E-state index contributed by atoms with van der Waals surface area (Å²) in [6.45, 7) is 0. The molecule has 0 N–H and O–H groups in total. The second kappa shape index (κ2) is 2.72. The fourth-order valence-electron chi connectivity index (χ4n) is 0. The van der Waals surface area contributed by atoms with Crippen molar-refractivity contribution in [3.8, 4) is 0 Å². The summed E-state index contributed by atoms with van der Waals surface area (Å²) in [4.78, 5) is 0. The van der Waals surface area contributed by atoms with Crippen molar-refractivity contribution >= 4 is 61.8 Å². The van der Waals surface area contributed by atoms with Crippen LogP contribution < -0.4 is 0 Å². The third-order valence-electron chi connectivity index (χ3n) is 0. The molecular formula is Br5Ca. The van der Waals surface area contributed by atoms with Crippen molar-refractivity contribution in [3.63, 3.8) is 0 Å². The topological polar surface area (TPSA) is 0 Å². The van der Waals surface area contributed by atoms with E-state index in [0.29, 0.717) is 0 Å². The normalized spacial score (nSPS) is 15.0. The van der Waals surface area contributed by atoms with E-state index in [9.17, 15) is 0 Å². The zero-order valence-corrected chi connectivity index (χ0v) is 12.7. The summed E-state index contributed by atoms with van der Waals surface area (Å²) in [5.74, 6) is 0. The summed E-state index contributed by atoms with van der Waals surface area (Å²) in [7, 11) is 16.8. The van der Waals surface area contributed by atoms with Crippen molar-refractivity contribution in [1.82, 2.24) is 0 Å². The quantitative estimate of drug-likeness (QED) is 0.503. The van der Waals surface area contributed by atoms with Crippen molar-refractivity contribution in [3.05, 3.63) is 0 Å². The molecule has 0 saturated carbocycles. The van der Waals surface area contributed by atoms with E-state index in [1.165, 1.54) is 0 Å². The first-order chi connectivity index (χ1) is 2.24. The minimum atomic E-state index is -2.76. The van der Waals surface area contributed by atoms with Crippen LogP contribution in [-0.4, -0.2) is 13.3 Å². The molecule has 0 heterocycles. The average Bonchev–Trinajstić information content (AvgIpc) is 0.650. The van der Waals surface area contributed by atoms with Gasteiger partial charge in [0.2, 0.25) is 0 Å². The Hall–Kier alpha value is 3.66. The van der Waals surface area contributed by atoms with Crippen LogP contribution in [0, 0.1) is 0 Å². The van der Waals surface area contributed by atoms with Crippen molar-refractivity contribution in [1.29, 1.82) is 0 Å². The Kier molecular flexibility index (Phi) is 4.38. The van der Waals surface area contributed by atoms with Crippen molar-refractivity contribution in [2.45, 2.75) is 0 Å². The zero-order valence-electron chi connectivity index (χ0n) is 2.60. The number of rotatable bonds is 0. The average molecular weight is 440 g/mol. The SMILES string of the molecule is [Br][Ca]([Br])([Br])([Br])[Br]. The Balaban J connectivity index is 3.73. The Bertz CT molecular complexity index is 37.1. The zero-order chi connectivity index (χ0) is 5.45. The van der Waals surface area contributed by atoms with Gasteiger partial charge in [-0.2, -0.15) is 0 Å². The van der Waals surface area contributed by atoms with Gasteiger partial charge in [0.15, 0.2) is 0 Å². The molecule has 37 valence electrons. The Labute approximate surface area is 59.2 Å². The van der Waals surface area contributed by atoms with E-state index in [0.717, 1.165) is 0 Å². The Morgan fingerprint density at radius 2 is 0.667 bits per heavy atom. The van der Waals surface area contributed by atoms with Crippen LogP contribution in [0.3, 0.4) is 0 Å². The van der Waals surface area contributed by atoms with Crippen molar-refractivity contribution in [2.24, 2.45) is 0 Å². The molecule has 0 bridgehead atoms. The second-order valence-corrected chi connectivity index (χ2v) is 112. The van der Waals surface area contributed by atoms with Crippen LogP contribution in [0.25, 0.3) is 0 Å². The molecule has 0 aromatic rings. The van der Waals surface area contributed by atoms with Gasteiger partial charge in [0.25, 0.3) is 0 Å². The summed E-state index contributed by atoms with van der Waals surface area (Å²) in [6.07, 6.45) is 0. The van der Waals surface area contributed by atoms with Gasteiger partial charge >= 0.3 is 61.8 Å². The first kappa shape index (κ1) is 9.66. The summed E-state index contributed by atoms with van der Waals surface area (Å²) >= 11 is -2.76. The third kappa shape index (κ3) is 25.4. The number of hydrogen-bond acceptors (Lipinski definition) is 0. The molecule has 6 heteroatoms. The third-order valence-corrected chi connectivity index (χ3v) is 0. The van der Waals surface area contributed by atoms with Gasteiger partial charge < -0.3 is 0 Å². The first-order valence-corrected chi connectivity index (χ1v) is 28.6. The van der Waals surface area contributed by atoms with Gasteiger partial charge in [-0.05, 0) is 0 Å². The van der Waals surface area contributed by atoms with Crippen LogP contribution in [0.15, 0.2) is 0 Å². The molecule has 1 radical (unpaired) electrons. The first-order valence-electron chi connectivity index (χ1n) is 1.34. The van der Waals surface area contributed by atoms with Gasteiger partial charge in [0.1, 0.15) is 0 Å². The summed E-state index contributed by atoms with van der Waals surface area (Å²) in [6, 6.07) is 0. The summed E-state index contributed by atoms with van der Waals surface area (Å²) in [5, 5.41) is 0. The predicted molar refractivity (Wildman–Crippen MR) is 50.4 cm³/mol. The Morgan fingerprint density at radius 1 is 0.667 bits per heavy atom. The maximum atomic E-state index is 3.36. The van der Waals surface area contributed by atoms with E-state index in [1.807, 2.05) is 0 Å². The molecule has 0 aromatic heterocycles. The molecule has 0 unspecified atom stereocenters. The van der Waals surface area contributed by atoms with Gasteiger partial charge in [0, 0.05) is 0 Å². The fourth-order valence-corrected chi connectivity index (χ4v) is 0. The van der Waals surface area contributed by atoms with Crippen molar-refractivity contribution < 1.29 is 0 Å². The fraction of sp³-hybridized carbons (Fsp3) is 0. The van der Waals surface area contributed by atoms with Crippen LogP contribution in [0.1, 0.15) is 0 Å². The van der Waals surface area contributed by atoms with Gasteiger partial charge in [-0.3, -0.25) is 0 Å². The second-order valence-electron chi connectivity index (χ2n) is 1.01. The molecule has 6 heavy (non-hydrogen) atoms. The number of halogens is 5. The van der Waals surface area contributed by atoms with Crippen LogP contribution in [0.4, 0.5) is 0 Å². The van der Waals surface area contributed by atoms with Crippen LogP contribution >= 0.6 is 48.5 Å². The molecule has 0 rings (SSSR count). The van der Waals surface area contributed by atoms with Gasteiger partial charge in [-0.15, -0.1) is 0 Å². The Morgan fingerprint density at radius 3 is 0.667 bits per heavy atom. The molecule has 0 atom stereocenters. The van der Waals surface area contributed by atoms with E-state index < -0.39 is 13.3 Å². The molecular weight excluding hydrogens is 440 g/mol. The van der Waals surface area contributed by atoms with E-state index in [4.69, 9.17) is 0 Å². The van der Waals surface area contributed by atoms with Gasteiger partial charge in [-0.1, -0.05) is 0 Å². The molecule has 0 aromatic carbocycles. The van der Waals surface area contributed by atoms with Crippen LogP contribution in [0.5, 0.6) is 0 Å². The van der Waals surface area contributed by atoms with E-state index >= 15 is 0 Å². The predicted octanol–water partition coefficient (Wildman–Crippen LogP) is 3.85. The molecule has 0 amide bonds. The van der Waals surface area contributed by atoms with Crippen molar-refractivity contribution in [2.75, 3.05) is 0 Å². The van der Waals surface area contributed by atoms with Gasteiger partial charge in [0.05, 0.1) is 0 Å². The van der Waals surface area contributed by atoms with Crippen LogP contribution in [0.2, 0.25) is 0 Å².